The molecule has 1 aromatic heterocycles. The molecule has 0 unspecified atom stereocenters. The van der Waals surface area contributed by atoms with E-state index in [-0.39, 0.29) is 18.0 Å². The van der Waals surface area contributed by atoms with Crippen LogP contribution in [0, 0.1) is 17.0 Å². The van der Waals surface area contributed by atoms with Crippen molar-refractivity contribution in [2.24, 2.45) is 0 Å². The van der Waals surface area contributed by atoms with Crippen molar-refractivity contribution in [1.82, 2.24) is 4.57 Å². The summed E-state index contributed by atoms with van der Waals surface area (Å²) in [6.07, 6.45) is 1.95. The van der Waals surface area contributed by atoms with Crippen LogP contribution in [-0.4, -0.2) is 15.3 Å². The second kappa shape index (κ2) is 7.67. The molecular formula is C23H20N3O3+. The van der Waals surface area contributed by atoms with E-state index >= 15 is 0 Å². The van der Waals surface area contributed by atoms with Crippen molar-refractivity contribution < 1.29 is 14.3 Å². The number of benzene rings is 3. The van der Waals surface area contributed by atoms with E-state index in [0.717, 1.165) is 11.0 Å². The second-order valence-corrected chi connectivity index (χ2v) is 7.07. The summed E-state index contributed by atoms with van der Waals surface area (Å²) in [5.41, 5.74) is 4.85. The minimum atomic E-state index is -0.471. The third-order valence-electron chi connectivity index (χ3n) is 4.97. The Bertz CT molecular complexity index is 1190. The molecule has 6 heteroatoms. The summed E-state index contributed by atoms with van der Waals surface area (Å²) < 4.78 is 4.05. The minimum absolute atomic E-state index is 0.0242. The van der Waals surface area contributed by atoms with Crippen molar-refractivity contribution in [3.8, 4) is 0 Å². The number of nitro benzene ring substituents is 1. The van der Waals surface area contributed by atoms with Gasteiger partial charge >= 0.3 is 0 Å². The number of nitrogens with zero attached hydrogens (tertiary/aromatic N) is 3. The number of para-hydroxylation sites is 2. The Morgan fingerprint density at radius 1 is 1.00 bits per heavy atom. The summed E-state index contributed by atoms with van der Waals surface area (Å²) in [5, 5.41) is 10.8. The molecule has 0 spiro atoms. The topological polar surface area (TPSA) is 69.0 Å². The van der Waals surface area contributed by atoms with E-state index in [1.165, 1.54) is 35.4 Å². The maximum Gasteiger partial charge on any atom is 0.269 e. The zero-order valence-electron chi connectivity index (χ0n) is 16.0. The van der Waals surface area contributed by atoms with Gasteiger partial charge in [-0.1, -0.05) is 42.0 Å². The Labute approximate surface area is 167 Å². The number of carbonyl (C=O) groups is 1. The highest BCUT2D eigenvalue weighted by atomic mass is 16.6. The van der Waals surface area contributed by atoms with Gasteiger partial charge in [-0.3, -0.25) is 14.9 Å². The number of ketones is 1. The summed E-state index contributed by atoms with van der Waals surface area (Å²) >= 11 is 0. The number of fused-ring (bicyclic) bond motifs is 1. The summed E-state index contributed by atoms with van der Waals surface area (Å²) in [6, 6.07) is 22.1. The highest BCUT2D eigenvalue weighted by Gasteiger charge is 2.19. The minimum Gasteiger partial charge on any atom is -0.290 e. The van der Waals surface area contributed by atoms with E-state index in [2.05, 4.69) is 35.8 Å². The number of imidazole rings is 1. The van der Waals surface area contributed by atoms with Gasteiger partial charge in [0.1, 0.15) is 6.54 Å². The molecule has 1 heterocycles. The van der Waals surface area contributed by atoms with E-state index in [1.807, 2.05) is 35.2 Å². The molecule has 29 heavy (non-hydrogen) atoms. The molecule has 0 saturated carbocycles. The molecule has 0 aliphatic carbocycles. The van der Waals surface area contributed by atoms with Crippen LogP contribution in [0.25, 0.3) is 11.0 Å². The molecule has 0 aliphatic heterocycles. The number of rotatable bonds is 6. The number of nitro groups is 1. The second-order valence-electron chi connectivity index (χ2n) is 7.07. The molecule has 0 saturated heterocycles. The van der Waals surface area contributed by atoms with Crippen LogP contribution >= 0.6 is 0 Å². The molecule has 0 fully saturated rings. The smallest absolute Gasteiger partial charge is 0.269 e. The van der Waals surface area contributed by atoms with Crippen LogP contribution in [0.3, 0.4) is 0 Å². The molecule has 144 valence electrons. The van der Waals surface area contributed by atoms with Crippen LogP contribution in [0.15, 0.2) is 79.1 Å². The average Bonchev–Trinajstić information content (AvgIpc) is 3.07. The van der Waals surface area contributed by atoms with Gasteiger partial charge in [0.05, 0.1) is 4.92 Å². The molecule has 6 nitrogen and oxygen atoms in total. The highest BCUT2D eigenvalue weighted by molar-refractivity contribution is 5.96. The van der Waals surface area contributed by atoms with Gasteiger partial charge in [-0.15, -0.1) is 0 Å². The largest absolute Gasteiger partial charge is 0.290 e. The van der Waals surface area contributed by atoms with Crippen LogP contribution in [-0.2, 0) is 13.1 Å². The number of aryl methyl sites for hydroxylation is 1. The predicted octanol–water partition coefficient (Wildman–Crippen LogP) is 4.08. The van der Waals surface area contributed by atoms with Crippen molar-refractivity contribution in [1.29, 1.82) is 0 Å². The zero-order chi connectivity index (χ0) is 20.4. The Hall–Kier alpha value is -3.80. The molecule has 0 N–H and O–H groups in total. The molecule has 0 aliphatic rings. The predicted molar refractivity (Wildman–Crippen MR) is 110 cm³/mol. The van der Waals surface area contributed by atoms with Gasteiger partial charge in [-0.2, -0.15) is 0 Å². The van der Waals surface area contributed by atoms with E-state index in [1.54, 1.807) is 0 Å². The fourth-order valence-electron chi connectivity index (χ4n) is 3.40. The third kappa shape index (κ3) is 3.91. The fraction of sp³-hybridized carbons (Fsp3) is 0.130. The van der Waals surface area contributed by atoms with Gasteiger partial charge in [0.2, 0.25) is 12.1 Å². The quantitative estimate of drug-likeness (QED) is 0.217. The van der Waals surface area contributed by atoms with Gasteiger partial charge < -0.3 is 0 Å². The maximum atomic E-state index is 12.7. The first-order chi connectivity index (χ1) is 14.0. The van der Waals surface area contributed by atoms with Crippen LogP contribution in [0.1, 0.15) is 21.5 Å². The van der Waals surface area contributed by atoms with Crippen molar-refractivity contribution in [2.75, 3.05) is 0 Å². The molecule has 0 amide bonds. The molecule has 4 rings (SSSR count). The van der Waals surface area contributed by atoms with Gasteiger partial charge in [0.15, 0.2) is 17.6 Å². The number of hydrogen-bond acceptors (Lipinski definition) is 3. The molecule has 3 aromatic carbocycles. The Kier molecular flexibility index (Phi) is 4.91. The van der Waals surface area contributed by atoms with Gasteiger partial charge in [0.25, 0.3) is 5.69 Å². The molecular weight excluding hydrogens is 366 g/mol. The van der Waals surface area contributed by atoms with Crippen molar-refractivity contribution in [2.45, 2.75) is 20.0 Å². The Balaban J connectivity index is 1.62. The lowest BCUT2D eigenvalue weighted by Gasteiger charge is -2.00. The normalized spacial score (nSPS) is 10.9. The van der Waals surface area contributed by atoms with Crippen LogP contribution in [0.4, 0.5) is 5.69 Å². The zero-order valence-corrected chi connectivity index (χ0v) is 16.0. The average molecular weight is 386 g/mol. The summed E-state index contributed by atoms with van der Waals surface area (Å²) in [7, 11) is 0. The lowest BCUT2D eigenvalue weighted by atomic mass is 10.1. The Morgan fingerprint density at radius 2 is 1.69 bits per heavy atom. The van der Waals surface area contributed by atoms with Crippen molar-refractivity contribution in [3.05, 3.63) is 106 Å². The van der Waals surface area contributed by atoms with Crippen LogP contribution in [0.5, 0.6) is 0 Å². The van der Waals surface area contributed by atoms with Gasteiger partial charge in [-0.25, -0.2) is 9.13 Å². The summed E-state index contributed by atoms with van der Waals surface area (Å²) in [5.74, 6) is -0.0943. The molecule has 4 aromatic rings. The van der Waals surface area contributed by atoms with Crippen molar-refractivity contribution in [3.63, 3.8) is 0 Å². The first kappa shape index (κ1) is 18.6. The number of hydrogen-bond donors (Lipinski definition) is 0. The standard InChI is InChI=1S/C23H20N3O3/c1-17-6-8-18(9-7-17)14-24-16-25(22-5-3-2-4-21(22)24)15-23(27)19-10-12-20(13-11-19)26(28)29/h2-13,16H,14-15H2,1H3/q+1. The van der Waals surface area contributed by atoms with E-state index in [0.29, 0.717) is 12.1 Å². The molecule has 0 atom stereocenters. The Morgan fingerprint density at radius 3 is 2.38 bits per heavy atom. The number of carbonyl (C=O) groups excluding carboxylic acids is 1. The van der Waals surface area contributed by atoms with E-state index in [4.69, 9.17) is 0 Å². The van der Waals surface area contributed by atoms with Gasteiger partial charge in [-0.05, 0) is 36.8 Å². The van der Waals surface area contributed by atoms with E-state index in [9.17, 15) is 14.9 Å². The lowest BCUT2D eigenvalue weighted by molar-refractivity contribution is -0.663. The maximum absolute atomic E-state index is 12.7. The fourth-order valence-corrected chi connectivity index (χ4v) is 3.40. The highest BCUT2D eigenvalue weighted by Crippen LogP contribution is 2.16. The summed E-state index contributed by atoms with van der Waals surface area (Å²) in [4.78, 5) is 23.1. The SMILES string of the molecule is Cc1ccc(C[n+]2cn(CC(=O)c3ccc([N+](=O)[O-])cc3)c3ccccc32)cc1. The number of aromatic nitrogens is 2. The van der Waals surface area contributed by atoms with Crippen LogP contribution < -0.4 is 4.57 Å². The van der Waals surface area contributed by atoms with E-state index < -0.39 is 4.92 Å². The number of non-ortho nitro benzene ring substituents is 1. The van der Waals surface area contributed by atoms with Crippen molar-refractivity contribution >= 4 is 22.5 Å². The molecule has 0 radical (unpaired) electrons. The third-order valence-corrected chi connectivity index (χ3v) is 4.97. The van der Waals surface area contributed by atoms with Crippen LogP contribution in [0.2, 0.25) is 0 Å². The first-order valence-corrected chi connectivity index (χ1v) is 9.32. The van der Waals surface area contributed by atoms with Gasteiger partial charge in [0, 0.05) is 17.7 Å². The number of Topliss-reactive ketones (excluding diaryl/α,β-unsaturated/α-hetero) is 1. The summed E-state index contributed by atoms with van der Waals surface area (Å²) in [6.45, 7) is 2.94. The first-order valence-electron chi connectivity index (χ1n) is 9.32. The monoisotopic (exact) mass is 386 g/mol. The lowest BCUT2D eigenvalue weighted by Crippen LogP contribution is -2.33. The molecule has 0 bridgehead atoms.